The maximum absolute atomic E-state index is 13.4. The summed E-state index contributed by atoms with van der Waals surface area (Å²) in [6.45, 7) is 10.9. The standard InChI is InChI=1S/C89H176N4O15P2.2Na/c1-7-13-19-25-31-35-39-43-49-55-61-67-85(94)92-81(65-59-53-47-29-23-17-11-5)71-73-83(107-87(96)69-63-57-51-45-41-37-33-27-21-15-9-3)79-105-109(99,100)103-77-75-90-89(98)91-76-78-104-110(101,102)106-80-84(108-88(97)70-64-58-52-46-42-38-34-28-22-16-10-4)74-72-82(66-60-54-48-30-24-18-12-6)93-86(95)68-62-56-50-44-40-36-32-26-20-14-8-2;;/h81-84H,7-80H2,1-6H3,(H,92,94)(H,93,95)(H,99,100)(H,101,102)(H2,90,91,98);;/q;2*+1/p-2. The van der Waals surface area contributed by atoms with Gasteiger partial charge in [-0.25, -0.2) is 4.79 Å². The van der Waals surface area contributed by atoms with Gasteiger partial charge in [0.2, 0.25) is 11.8 Å². The molecule has 4 N–H and O–H groups in total. The van der Waals surface area contributed by atoms with Gasteiger partial charge in [-0.3, -0.25) is 28.3 Å². The van der Waals surface area contributed by atoms with E-state index in [1.54, 1.807) is 0 Å². The van der Waals surface area contributed by atoms with Crippen molar-refractivity contribution >= 4 is 45.4 Å². The van der Waals surface area contributed by atoms with Crippen molar-refractivity contribution in [3.05, 3.63) is 0 Å². The van der Waals surface area contributed by atoms with Crippen LogP contribution in [-0.4, -0.2) is 93.6 Å². The zero-order chi connectivity index (χ0) is 80.6. The number of urea groups is 1. The van der Waals surface area contributed by atoms with Crippen LogP contribution in [0.2, 0.25) is 0 Å². The molecule has 6 atom stereocenters. The number of phosphoric ester groups is 2. The Kier molecular flexibility index (Phi) is 90.9. The molecule has 0 rings (SSSR count). The summed E-state index contributed by atoms with van der Waals surface area (Å²) >= 11 is 0. The molecule has 652 valence electrons. The summed E-state index contributed by atoms with van der Waals surface area (Å²) in [6.07, 6.45) is 69.5. The summed E-state index contributed by atoms with van der Waals surface area (Å²) in [4.78, 5) is 92.9. The van der Waals surface area contributed by atoms with E-state index >= 15 is 0 Å². The molecule has 6 unspecified atom stereocenters. The fraction of sp³-hybridized carbons (Fsp3) is 0.944. The van der Waals surface area contributed by atoms with Crippen molar-refractivity contribution in [1.29, 1.82) is 0 Å². The average molecular weight is 1650 g/mol. The summed E-state index contributed by atoms with van der Waals surface area (Å²) < 4.78 is 59.4. The number of carbonyl (C=O) groups excluding carboxylic acids is 5. The van der Waals surface area contributed by atoms with E-state index in [1.807, 2.05) is 0 Å². The Balaban J connectivity index is -0.0000594. The number of hydrogen-bond donors (Lipinski definition) is 4. The normalized spacial score (nSPS) is 13.6. The van der Waals surface area contributed by atoms with Crippen LogP contribution in [0.25, 0.3) is 0 Å². The first-order valence-electron chi connectivity index (χ1n) is 46.7. The molecule has 0 aromatic heterocycles. The van der Waals surface area contributed by atoms with Crippen LogP contribution in [0.15, 0.2) is 0 Å². The van der Waals surface area contributed by atoms with Crippen LogP contribution in [0.3, 0.4) is 0 Å². The van der Waals surface area contributed by atoms with Gasteiger partial charge in [-0.1, -0.05) is 388 Å². The van der Waals surface area contributed by atoms with Crippen molar-refractivity contribution in [3.63, 3.8) is 0 Å². The van der Waals surface area contributed by atoms with Crippen LogP contribution in [-0.2, 0) is 55.9 Å². The maximum Gasteiger partial charge on any atom is 1.00 e. The van der Waals surface area contributed by atoms with Gasteiger partial charge in [0, 0.05) is 50.9 Å². The zero-order valence-corrected chi connectivity index (χ0v) is 79.9. The van der Waals surface area contributed by atoms with Crippen LogP contribution in [0.5, 0.6) is 0 Å². The molecule has 0 aliphatic carbocycles. The number of ether oxygens (including phenoxy) is 2. The molecule has 19 nitrogen and oxygen atoms in total. The molecule has 0 aromatic carbocycles. The van der Waals surface area contributed by atoms with Gasteiger partial charge >= 0.3 is 77.1 Å². The molecule has 0 fully saturated rings. The number of hydrogen-bond acceptors (Lipinski definition) is 15. The third kappa shape index (κ3) is 84.4. The molecule has 0 aromatic rings. The topological polar surface area (TPSA) is 269 Å². The van der Waals surface area contributed by atoms with Gasteiger partial charge < -0.3 is 58.6 Å². The second-order valence-electron chi connectivity index (χ2n) is 32.2. The van der Waals surface area contributed by atoms with Crippen molar-refractivity contribution in [1.82, 2.24) is 21.3 Å². The number of amides is 4. The van der Waals surface area contributed by atoms with E-state index < -0.39 is 72.3 Å². The maximum atomic E-state index is 13.4. The van der Waals surface area contributed by atoms with Gasteiger partial charge in [-0.05, 0) is 64.2 Å². The van der Waals surface area contributed by atoms with Gasteiger partial charge in [-0.2, -0.15) is 0 Å². The summed E-state index contributed by atoms with van der Waals surface area (Å²) in [5.41, 5.74) is 0. The number of rotatable bonds is 88. The van der Waals surface area contributed by atoms with Crippen LogP contribution in [0.1, 0.15) is 478 Å². The first-order valence-corrected chi connectivity index (χ1v) is 49.6. The molecule has 0 heterocycles. The monoisotopic (exact) mass is 1650 g/mol. The first kappa shape index (κ1) is 116. The molecule has 0 radical (unpaired) electrons. The van der Waals surface area contributed by atoms with E-state index in [-0.39, 0.29) is 122 Å². The number of phosphoric acid groups is 2. The van der Waals surface area contributed by atoms with E-state index in [0.29, 0.717) is 38.5 Å². The molecule has 0 aliphatic heterocycles. The van der Waals surface area contributed by atoms with Gasteiger partial charge in [0.15, 0.2) is 0 Å². The third-order valence-corrected chi connectivity index (χ3v) is 23.3. The van der Waals surface area contributed by atoms with Crippen molar-refractivity contribution in [2.24, 2.45) is 0 Å². The van der Waals surface area contributed by atoms with Crippen LogP contribution >= 0.6 is 15.6 Å². The molecular weight excluding hydrogens is 1470 g/mol. The molecule has 0 saturated heterocycles. The molecule has 0 aliphatic rings. The summed E-state index contributed by atoms with van der Waals surface area (Å²) in [6, 6.07) is -1.12. The number of unbranched alkanes of at least 4 members (excludes halogenated alkanes) is 52. The Morgan fingerprint density at radius 2 is 0.491 bits per heavy atom. The van der Waals surface area contributed by atoms with E-state index in [9.17, 15) is 42.9 Å². The fourth-order valence-electron chi connectivity index (χ4n) is 14.4. The van der Waals surface area contributed by atoms with Crippen molar-refractivity contribution in [2.45, 2.75) is 502 Å². The fourth-order valence-corrected chi connectivity index (χ4v) is 15.9. The molecule has 0 bridgehead atoms. The summed E-state index contributed by atoms with van der Waals surface area (Å²) in [7, 11) is -9.96. The predicted octanol–water partition coefficient (Wildman–Crippen LogP) is 18.7. The molecule has 23 heteroatoms. The Bertz CT molecular complexity index is 2040. The van der Waals surface area contributed by atoms with Gasteiger partial charge in [0.1, 0.15) is 12.2 Å². The Hall–Kier alpha value is -0.630. The Morgan fingerprint density at radius 1 is 0.277 bits per heavy atom. The molecule has 0 saturated carbocycles. The minimum Gasteiger partial charge on any atom is -0.756 e. The van der Waals surface area contributed by atoms with Crippen molar-refractivity contribution < 1.29 is 130 Å². The SMILES string of the molecule is CCCCCCCCCCCCCC(=O)NC(CCCCCCCCC)CCC(COP(=O)([O-])OCCNC(=O)NCCOP(=O)([O-])OCC(CCC(CCCCCCCCC)NC(=O)CCCCCCCCCCCCC)OC(=O)CCCCCCCCCCCCC)OC(=O)CCCCCCCCCCCCC.[Na+].[Na+]. The molecule has 112 heavy (non-hydrogen) atoms. The van der Waals surface area contributed by atoms with Crippen molar-refractivity contribution in [3.8, 4) is 0 Å². The van der Waals surface area contributed by atoms with Crippen LogP contribution in [0.4, 0.5) is 4.79 Å². The summed E-state index contributed by atoms with van der Waals surface area (Å²) in [5.74, 6) is -0.854. The van der Waals surface area contributed by atoms with E-state index in [4.69, 9.17) is 27.6 Å². The molecular formula is C89H174N4Na2O15P2. The van der Waals surface area contributed by atoms with Crippen LogP contribution < -0.4 is 90.2 Å². The number of esters is 2. The zero-order valence-electron chi connectivity index (χ0n) is 74.2. The predicted molar refractivity (Wildman–Crippen MR) is 452 cm³/mol. The van der Waals surface area contributed by atoms with E-state index in [1.165, 1.54) is 244 Å². The largest absolute Gasteiger partial charge is 1.00 e. The molecule has 4 amide bonds. The minimum atomic E-state index is -4.98. The smallest absolute Gasteiger partial charge is 0.756 e. The Morgan fingerprint density at radius 3 is 0.732 bits per heavy atom. The van der Waals surface area contributed by atoms with Crippen molar-refractivity contribution in [2.75, 3.05) is 39.5 Å². The van der Waals surface area contributed by atoms with Gasteiger partial charge in [-0.15, -0.1) is 0 Å². The first-order chi connectivity index (χ1) is 53.5. The van der Waals surface area contributed by atoms with E-state index in [0.717, 1.165) is 128 Å². The number of carbonyl (C=O) groups is 5. The number of nitrogens with one attached hydrogen (secondary N) is 4. The van der Waals surface area contributed by atoms with Gasteiger partial charge in [0.05, 0.1) is 26.4 Å². The van der Waals surface area contributed by atoms with E-state index in [2.05, 4.69) is 62.8 Å². The minimum absolute atomic E-state index is 0. The average Bonchev–Trinajstić information content (AvgIpc) is 0.903. The van der Waals surface area contributed by atoms with Gasteiger partial charge in [0.25, 0.3) is 15.6 Å². The molecule has 0 spiro atoms. The summed E-state index contributed by atoms with van der Waals surface area (Å²) in [5, 5.41) is 11.5. The second kappa shape index (κ2) is 88.2. The third-order valence-electron chi connectivity index (χ3n) is 21.4. The second-order valence-corrected chi connectivity index (χ2v) is 35.0. The Labute approximate surface area is 732 Å². The van der Waals surface area contributed by atoms with Crippen LogP contribution in [0, 0.1) is 0 Å². The quantitative estimate of drug-likeness (QED) is 0.0191.